The van der Waals surface area contributed by atoms with E-state index >= 15 is 0 Å². The second-order valence-electron chi connectivity index (χ2n) is 6.42. The number of halogens is 1. The number of benzene rings is 1. The van der Waals surface area contributed by atoms with Crippen LogP contribution in [0, 0.1) is 5.41 Å². The van der Waals surface area contributed by atoms with E-state index in [1.165, 1.54) is 6.92 Å². The third-order valence-corrected chi connectivity index (χ3v) is 3.84. The Morgan fingerprint density at radius 1 is 1.26 bits per heavy atom. The minimum Gasteiger partial charge on any atom is -0.396 e. The second kappa shape index (κ2) is 8.89. The lowest BCUT2D eigenvalue weighted by Crippen LogP contribution is -2.37. The summed E-state index contributed by atoms with van der Waals surface area (Å²) in [6, 6.07) is 6.66. The van der Waals surface area contributed by atoms with Crippen LogP contribution in [0.4, 0.5) is 0 Å². The molecular weight excluding hydrogens is 316 g/mol. The maximum Gasteiger partial charge on any atom is 0.222 e. The number of aliphatic hydroxyl groups is 1. The number of hydrogen-bond donors (Lipinski definition) is 3. The van der Waals surface area contributed by atoms with Crippen molar-refractivity contribution in [1.29, 1.82) is 0 Å². The highest BCUT2D eigenvalue weighted by molar-refractivity contribution is 6.30. The maximum absolute atomic E-state index is 12.2. The van der Waals surface area contributed by atoms with Crippen LogP contribution in [0.15, 0.2) is 24.3 Å². The van der Waals surface area contributed by atoms with Gasteiger partial charge in [0.05, 0.1) is 12.5 Å². The summed E-state index contributed by atoms with van der Waals surface area (Å²) < 4.78 is 0. The van der Waals surface area contributed by atoms with Crippen molar-refractivity contribution >= 4 is 23.4 Å². The molecule has 2 amide bonds. The Morgan fingerprint density at radius 3 is 2.39 bits per heavy atom. The molecular formula is C17H25ClN2O3. The van der Waals surface area contributed by atoms with Gasteiger partial charge in [-0.2, -0.15) is 0 Å². The van der Waals surface area contributed by atoms with Crippen LogP contribution < -0.4 is 10.6 Å². The molecule has 0 aliphatic carbocycles. The van der Waals surface area contributed by atoms with Crippen molar-refractivity contribution in [2.45, 2.75) is 39.7 Å². The van der Waals surface area contributed by atoms with Gasteiger partial charge in [0.2, 0.25) is 11.8 Å². The molecule has 1 aromatic rings. The molecule has 0 fully saturated rings. The van der Waals surface area contributed by atoms with E-state index in [0.717, 1.165) is 5.56 Å². The molecule has 128 valence electrons. The van der Waals surface area contributed by atoms with E-state index in [0.29, 0.717) is 18.0 Å². The molecule has 0 heterocycles. The molecule has 1 unspecified atom stereocenters. The van der Waals surface area contributed by atoms with Crippen LogP contribution >= 0.6 is 11.6 Å². The fraction of sp³-hybridized carbons (Fsp3) is 0.529. The van der Waals surface area contributed by atoms with Crippen molar-refractivity contribution < 1.29 is 14.7 Å². The van der Waals surface area contributed by atoms with Gasteiger partial charge in [-0.1, -0.05) is 37.6 Å². The summed E-state index contributed by atoms with van der Waals surface area (Å²) in [5.41, 5.74) is 0.656. The highest BCUT2D eigenvalue weighted by Gasteiger charge is 2.21. The van der Waals surface area contributed by atoms with Crippen LogP contribution in [0.2, 0.25) is 5.02 Å². The summed E-state index contributed by atoms with van der Waals surface area (Å²) >= 11 is 5.87. The first-order valence-electron chi connectivity index (χ1n) is 7.63. The first-order valence-corrected chi connectivity index (χ1v) is 8.01. The number of carbonyl (C=O) groups excluding carboxylic acids is 2. The molecule has 1 aromatic carbocycles. The SMILES string of the molecule is CC(=O)NC(CC(=O)NCC(C)(C)CCO)c1ccc(Cl)cc1. The van der Waals surface area contributed by atoms with Crippen molar-refractivity contribution in [2.24, 2.45) is 5.41 Å². The van der Waals surface area contributed by atoms with E-state index < -0.39 is 6.04 Å². The van der Waals surface area contributed by atoms with Crippen molar-refractivity contribution in [1.82, 2.24) is 10.6 Å². The van der Waals surface area contributed by atoms with Crippen molar-refractivity contribution in [3.05, 3.63) is 34.9 Å². The number of rotatable bonds is 8. The zero-order valence-corrected chi connectivity index (χ0v) is 14.6. The maximum atomic E-state index is 12.2. The summed E-state index contributed by atoms with van der Waals surface area (Å²) in [5, 5.41) is 15.3. The predicted octanol–water partition coefficient (Wildman–Crippen LogP) is 2.43. The lowest BCUT2D eigenvalue weighted by molar-refractivity contribution is -0.123. The van der Waals surface area contributed by atoms with Gasteiger partial charge in [-0.3, -0.25) is 9.59 Å². The van der Waals surface area contributed by atoms with E-state index in [2.05, 4.69) is 10.6 Å². The molecule has 0 saturated heterocycles. The topological polar surface area (TPSA) is 78.4 Å². The summed E-state index contributed by atoms with van der Waals surface area (Å²) in [6.45, 7) is 5.94. The highest BCUT2D eigenvalue weighted by atomic mass is 35.5. The molecule has 0 radical (unpaired) electrons. The number of hydrogen-bond acceptors (Lipinski definition) is 3. The predicted molar refractivity (Wildman–Crippen MR) is 91.1 cm³/mol. The molecule has 0 aliphatic heterocycles. The fourth-order valence-electron chi connectivity index (χ4n) is 2.18. The second-order valence-corrected chi connectivity index (χ2v) is 6.86. The molecule has 0 aromatic heterocycles. The Hall–Kier alpha value is -1.59. The summed E-state index contributed by atoms with van der Waals surface area (Å²) in [5.74, 6) is -0.344. The van der Waals surface area contributed by atoms with Crippen molar-refractivity contribution in [2.75, 3.05) is 13.2 Å². The van der Waals surface area contributed by atoms with Crippen molar-refractivity contribution in [3.8, 4) is 0 Å². The summed E-state index contributed by atoms with van der Waals surface area (Å²) in [4.78, 5) is 23.6. The molecule has 1 rings (SSSR count). The number of amides is 2. The van der Waals surface area contributed by atoms with Crippen LogP contribution in [0.5, 0.6) is 0 Å². The Kier molecular flexibility index (Phi) is 7.52. The minimum absolute atomic E-state index is 0.0855. The lowest BCUT2D eigenvalue weighted by Gasteiger charge is -2.25. The first-order chi connectivity index (χ1) is 10.7. The van der Waals surface area contributed by atoms with Crippen LogP contribution in [0.3, 0.4) is 0 Å². The Balaban J connectivity index is 2.68. The van der Waals surface area contributed by atoms with Gasteiger partial charge in [-0.15, -0.1) is 0 Å². The number of aliphatic hydroxyl groups excluding tert-OH is 1. The Labute approximate surface area is 142 Å². The Morgan fingerprint density at radius 2 is 1.87 bits per heavy atom. The number of carbonyl (C=O) groups is 2. The van der Waals surface area contributed by atoms with Gasteiger partial charge in [0.15, 0.2) is 0 Å². The molecule has 0 spiro atoms. The van der Waals surface area contributed by atoms with E-state index in [1.807, 2.05) is 13.8 Å². The van der Waals surface area contributed by atoms with Gasteiger partial charge in [-0.05, 0) is 29.5 Å². The standard InChI is InChI=1S/C17H25ClN2O3/c1-12(22)20-15(13-4-6-14(18)7-5-13)10-16(23)19-11-17(2,3)8-9-21/h4-7,15,21H,8-11H2,1-3H3,(H,19,23)(H,20,22). The first kappa shape index (κ1) is 19.5. The van der Waals surface area contributed by atoms with Gasteiger partial charge in [0, 0.05) is 25.1 Å². The summed E-state index contributed by atoms with van der Waals surface area (Å²) in [7, 11) is 0. The van der Waals surface area contributed by atoms with Gasteiger partial charge in [-0.25, -0.2) is 0 Å². The zero-order valence-electron chi connectivity index (χ0n) is 13.9. The normalized spacial score (nSPS) is 12.6. The molecule has 1 atom stereocenters. The van der Waals surface area contributed by atoms with Gasteiger partial charge in [0.25, 0.3) is 0 Å². The van der Waals surface area contributed by atoms with Gasteiger partial charge < -0.3 is 15.7 Å². The van der Waals surface area contributed by atoms with Crippen LogP contribution in [-0.4, -0.2) is 30.1 Å². The van der Waals surface area contributed by atoms with Crippen LogP contribution in [0.25, 0.3) is 0 Å². The molecule has 0 aliphatic rings. The van der Waals surface area contributed by atoms with E-state index in [1.54, 1.807) is 24.3 Å². The van der Waals surface area contributed by atoms with Crippen LogP contribution in [0.1, 0.15) is 45.2 Å². The average Bonchev–Trinajstić information content (AvgIpc) is 2.45. The average molecular weight is 341 g/mol. The molecule has 23 heavy (non-hydrogen) atoms. The highest BCUT2D eigenvalue weighted by Crippen LogP contribution is 2.21. The zero-order chi connectivity index (χ0) is 17.5. The lowest BCUT2D eigenvalue weighted by atomic mass is 9.89. The van der Waals surface area contributed by atoms with Gasteiger partial charge in [0.1, 0.15) is 0 Å². The molecule has 3 N–H and O–H groups in total. The van der Waals surface area contributed by atoms with E-state index in [9.17, 15) is 9.59 Å². The minimum atomic E-state index is -0.397. The molecule has 0 bridgehead atoms. The molecule has 5 nitrogen and oxygen atoms in total. The largest absolute Gasteiger partial charge is 0.396 e. The van der Waals surface area contributed by atoms with Gasteiger partial charge >= 0.3 is 0 Å². The fourth-order valence-corrected chi connectivity index (χ4v) is 2.31. The molecule has 6 heteroatoms. The Bertz CT molecular complexity index is 529. The third kappa shape index (κ3) is 7.48. The monoisotopic (exact) mass is 340 g/mol. The smallest absolute Gasteiger partial charge is 0.222 e. The third-order valence-electron chi connectivity index (χ3n) is 3.59. The summed E-state index contributed by atoms with van der Waals surface area (Å²) in [6.07, 6.45) is 0.760. The van der Waals surface area contributed by atoms with E-state index in [-0.39, 0.29) is 30.3 Å². The van der Waals surface area contributed by atoms with Crippen LogP contribution in [-0.2, 0) is 9.59 Å². The quantitative estimate of drug-likeness (QED) is 0.680. The van der Waals surface area contributed by atoms with E-state index in [4.69, 9.17) is 16.7 Å². The number of nitrogens with one attached hydrogen (secondary N) is 2. The van der Waals surface area contributed by atoms with Crippen molar-refractivity contribution in [3.63, 3.8) is 0 Å². The molecule has 0 saturated carbocycles.